The molecule has 1 atom stereocenters. The van der Waals surface area contributed by atoms with Crippen molar-refractivity contribution >= 4 is 28.6 Å². The Labute approximate surface area is 161 Å². The van der Waals surface area contributed by atoms with Crippen LogP contribution in [0.4, 0.5) is 17.6 Å². The summed E-state index contributed by atoms with van der Waals surface area (Å²) in [5, 5.41) is 8.63. The molecule has 2 aromatic carbocycles. The van der Waals surface area contributed by atoms with Crippen LogP contribution in [0.15, 0.2) is 30.3 Å². The van der Waals surface area contributed by atoms with E-state index in [2.05, 4.69) is 4.98 Å². The fraction of sp³-hybridized carbons (Fsp3) is 0.222. The zero-order chi connectivity index (χ0) is 20.8. The molecule has 0 spiro atoms. The first-order chi connectivity index (χ1) is 13.0. The number of halogens is 5. The largest absolute Gasteiger partial charge is 0.481 e. The minimum Gasteiger partial charge on any atom is -0.481 e. The molecule has 3 rings (SSSR count). The topological polar surface area (TPSA) is 64.3 Å². The Morgan fingerprint density at radius 3 is 2.54 bits per heavy atom. The second kappa shape index (κ2) is 6.97. The van der Waals surface area contributed by atoms with Gasteiger partial charge >= 0.3 is 12.1 Å². The maximum Gasteiger partial charge on any atom is 0.416 e. The molecule has 1 aromatic heterocycles. The van der Waals surface area contributed by atoms with Gasteiger partial charge in [0.25, 0.3) is 0 Å². The summed E-state index contributed by atoms with van der Waals surface area (Å²) in [5.41, 5.74) is -0.238. The van der Waals surface area contributed by atoms with Crippen LogP contribution in [-0.4, -0.2) is 20.6 Å². The molecule has 10 heteroatoms. The van der Waals surface area contributed by atoms with Crippen LogP contribution in [-0.2, 0) is 18.0 Å². The quantitative estimate of drug-likeness (QED) is 0.581. The first-order valence-electron chi connectivity index (χ1n) is 7.92. The number of benzene rings is 2. The molecule has 0 bridgehead atoms. The first-order valence-corrected chi connectivity index (χ1v) is 8.30. The van der Waals surface area contributed by atoms with Gasteiger partial charge in [-0.1, -0.05) is 11.6 Å². The van der Waals surface area contributed by atoms with E-state index < -0.39 is 40.2 Å². The molecule has 0 amide bonds. The summed E-state index contributed by atoms with van der Waals surface area (Å²) < 4.78 is 59.2. The number of hydrogen-bond donors (Lipinski definition) is 1. The van der Waals surface area contributed by atoms with E-state index in [0.717, 1.165) is 0 Å². The molecular formula is C18H13ClF4N2O3. The second-order valence-electron chi connectivity index (χ2n) is 6.11. The predicted molar refractivity (Wildman–Crippen MR) is 93.3 cm³/mol. The highest BCUT2D eigenvalue weighted by molar-refractivity contribution is 6.32. The van der Waals surface area contributed by atoms with E-state index in [9.17, 15) is 22.4 Å². The number of rotatable bonds is 4. The Morgan fingerprint density at radius 2 is 1.96 bits per heavy atom. The van der Waals surface area contributed by atoms with Crippen LogP contribution in [0.5, 0.6) is 11.5 Å². The van der Waals surface area contributed by atoms with Crippen molar-refractivity contribution in [3.63, 3.8) is 0 Å². The van der Waals surface area contributed by atoms with Gasteiger partial charge in [-0.3, -0.25) is 4.79 Å². The number of aliphatic carboxylic acids is 1. The lowest BCUT2D eigenvalue weighted by molar-refractivity contribution is -0.139. The molecule has 0 fully saturated rings. The number of carboxylic acid groups (broad SMARTS) is 1. The van der Waals surface area contributed by atoms with E-state index in [1.165, 1.54) is 25.1 Å². The number of aryl methyl sites for hydroxylation is 1. The van der Waals surface area contributed by atoms with E-state index in [0.29, 0.717) is 29.0 Å². The van der Waals surface area contributed by atoms with Crippen molar-refractivity contribution in [1.82, 2.24) is 9.55 Å². The molecule has 148 valence electrons. The van der Waals surface area contributed by atoms with Crippen molar-refractivity contribution in [2.45, 2.75) is 19.0 Å². The maximum atomic E-state index is 14.1. The van der Waals surface area contributed by atoms with Gasteiger partial charge in [-0.2, -0.15) is 13.2 Å². The Balaban J connectivity index is 2.00. The van der Waals surface area contributed by atoms with Gasteiger partial charge in [-0.25, -0.2) is 9.37 Å². The normalized spacial score (nSPS) is 13.0. The zero-order valence-corrected chi connectivity index (χ0v) is 15.3. The van der Waals surface area contributed by atoms with Crippen LogP contribution in [0.25, 0.3) is 11.0 Å². The Morgan fingerprint density at radius 1 is 1.29 bits per heavy atom. The molecule has 1 unspecified atom stereocenters. The lowest BCUT2D eigenvalue weighted by Gasteiger charge is -2.12. The van der Waals surface area contributed by atoms with E-state index in [-0.39, 0.29) is 5.75 Å². The SMILES string of the molecule is CC(C(=O)O)c1nc2ccc(Oc3c(F)cc(C(F)(F)F)cc3Cl)cc2n1C. The van der Waals surface area contributed by atoms with Crippen molar-refractivity contribution in [3.05, 3.63) is 52.6 Å². The average Bonchev–Trinajstić information content (AvgIpc) is 2.92. The van der Waals surface area contributed by atoms with Gasteiger partial charge in [0.2, 0.25) is 0 Å². The van der Waals surface area contributed by atoms with Crippen LogP contribution in [0, 0.1) is 5.82 Å². The molecule has 0 radical (unpaired) electrons. The summed E-state index contributed by atoms with van der Waals surface area (Å²) in [5.74, 6) is -3.30. The van der Waals surface area contributed by atoms with E-state index in [1.807, 2.05) is 0 Å². The predicted octanol–water partition coefficient (Wildman–Crippen LogP) is 5.37. The van der Waals surface area contributed by atoms with Gasteiger partial charge in [0.1, 0.15) is 17.5 Å². The monoisotopic (exact) mass is 416 g/mol. The molecule has 0 aliphatic carbocycles. The highest BCUT2D eigenvalue weighted by Gasteiger charge is 2.32. The van der Waals surface area contributed by atoms with Gasteiger partial charge in [0.05, 0.1) is 21.6 Å². The molecule has 1 N–H and O–H groups in total. The minimum atomic E-state index is -4.74. The number of imidazole rings is 1. The summed E-state index contributed by atoms with van der Waals surface area (Å²) in [7, 11) is 1.61. The van der Waals surface area contributed by atoms with Crippen molar-refractivity contribution in [2.75, 3.05) is 0 Å². The second-order valence-corrected chi connectivity index (χ2v) is 6.52. The molecule has 0 saturated carbocycles. The maximum absolute atomic E-state index is 14.1. The van der Waals surface area contributed by atoms with Crippen LogP contribution < -0.4 is 4.74 Å². The Kier molecular flexibility index (Phi) is 4.97. The van der Waals surface area contributed by atoms with Gasteiger partial charge in [-0.15, -0.1) is 0 Å². The molecule has 5 nitrogen and oxygen atoms in total. The fourth-order valence-electron chi connectivity index (χ4n) is 2.69. The summed E-state index contributed by atoms with van der Waals surface area (Å²) in [6, 6.07) is 5.30. The number of aromatic nitrogens is 2. The Bertz CT molecular complexity index is 1060. The highest BCUT2D eigenvalue weighted by Crippen LogP contribution is 2.39. The molecule has 0 aliphatic heterocycles. The molecule has 28 heavy (non-hydrogen) atoms. The number of nitrogens with zero attached hydrogens (tertiary/aromatic N) is 2. The van der Waals surface area contributed by atoms with Crippen molar-refractivity contribution in [1.29, 1.82) is 0 Å². The molecule has 3 aromatic rings. The molecular weight excluding hydrogens is 404 g/mol. The van der Waals surface area contributed by atoms with Crippen LogP contribution >= 0.6 is 11.6 Å². The van der Waals surface area contributed by atoms with Crippen molar-refractivity contribution < 1.29 is 32.2 Å². The highest BCUT2D eigenvalue weighted by atomic mass is 35.5. The number of ether oxygens (including phenoxy) is 1. The molecule has 0 saturated heterocycles. The molecule has 0 aliphatic rings. The first kappa shape index (κ1) is 19.9. The summed E-state index contributed by atoms with van der Waals surface area (Å²) in [6.07, 6.45) is -4.74. The van der Waals surface area contributed by atoms with Gasteiger partial charge in [0, 0.05) is 13.1 Å². The van der Waals surface area contributed by atoms with E-state index in [1.54, 1.807) is 11.6 Å². The number of fused-ring (bicyclic) bond motifs is 1. The summed E-state index contributed by atoms with van der Waals surface area (Å²) in [4.78, 5) is 15.5. The number of carboxylic acids is 1. The third-order valence-corrected chi connectivity index (χ3v) is 4.47. The standard InChI is InChI=1S/C18H13ClF4N2O3/c1-8(17(26)27)16-24-13-4-3-10(7-14(13)25(16)2)28-15-11(19)5-9(6-12(15)20)18(21,22)23/h3-8H,1-2H3,(H,26,27). The zero-order valence-electron chi connectivity index (χ0n) is 14.5. The summed E-state index contributed by atoms with van der Waals surface area (Å²) >= 11 is 5.77. The number of alkyl halides is 3. The van der Waals surface area contributed by atoms with Crippen LogP contribution in [0.2, 0.25) is 5.02 Å². The van der Waals surface area contributed by atoms with E-state index in [4.69, 9.17) is 21.4 Å². The number of carbonyl (C=O) groups is 1. The minimum absolute atomic E-state index is 0.102. The van der Waals surface area contributed by atoms with E-state index >= 15 is 0 Å². The lowest BCUT2D eigenvalue weighted by atomic mass is 10.2. The average molecular weight is 417 g/mol. The van der Waals surface area contributed by atoms with Gasteiger partial charge < -0.3 is 14.4 Å². The lowest BCUT2D eigenvalue weighted by Crippen LogP contribution is -2.12. The molecule has 1 heterocycles. The smallest absolute Gasteiger partial charge is 0.416 e. The van der Waals surface area contributed by atoms with Gasteiger partial charge in [0.15, 0.2) is 11.6 Å². The van der Waals surface area contributed by atoms with Gasteiger partial charge in [-0.05, 0) is 31.2 Å². The van der Waals surface area contributed by atoms with Crippen LogP contribution in [0.1, 0.15) is 24.2 Å². The Hall–Kier alpha value is -2.81. The van der Waals surface area contributed by atoms with Crippen molar-refractivity contribution in [2.24, 2.45) is 7.05 Å². The summed E-state index contributed by atoms with van der Waals surface area (Å²) in [6.45, 7) is 1.48. The fourth-order valence-corrected chi connectivity index (χ4v) is 2.93. The van der Waals surface area contributed by atoms with Crippen molar-refractivity contribution in [3.8, 4) is 11.5 Å². The van der Waals surface area contributed by atoms with Crippen LogP contribution in [0.3, 0.4) is 0 Å². The number of hydrogen-bond acceptors (Lipinski definition) is 3. The third-order valence-electron chi connectivity index (χ3n) is 4.19. The third kappa shape index (κ3) is 3.62.